The van der Waals surface area contributed by atoms with Crippen LogP contribution in [0.5, 0.6) is 0 Å². The molecule has 1 aromatic carbocycles. The Kier molecular flexibility index (Phi) is 3.53. The number of benzene rings is 1. The minimum Gasteiger partial charge on any atom is -0.349 e. The molecule has 1 aliphatic heterocycles. The summed E-state index contributed by atoms with van der Waals surface area (Å²) >= 11 is 0. The highest BCUT2D eigenvalue weighted by atomic mass is 16.2. The number of hydrogen-bond donors (Lipinski definition) is 1. The van der Waals surface area contributed by atoms with E-state index in [-0.39, 0.29) is 22.9 Å². The molecular weight excluding hydrogens is 264 g/mol. The predicted octanol–water partition coefficient (Wildman–Crippen LogP) is 2.48. The highest BCUT2D eigenvalue weighted by molar-refractivity contribution is 5.98. The lowest BCUT2D eigenvalue weighted by atomic mass is 10.1. The molecular formula is C17H20N2O2. The monoisotopic (exact) mass is 284 g/mol. The second-order valence-corrected chi connectivity index (χ2v) is 5.79. The van der Waals surface area contributed by atoms with Crippen LogP contribution in [0.15, 0.2) is 29.2 Å². The minimum atomic E-state index is -0.260. The van der Waals surface area contributed by atoms with Gasteiger partial charge in [0.25, 0.3) is 5.91 Å². The lowest BCUT2D eigenvalue weighted by Crippen LogP contribution is -2.35. The second kappa shape index (κ2) is 5.35. The molecule has 110 valence electrons. The van der Waals surface area contributed by atoms with E-state index >= 15 is 0 Å². The third-order valence-corrected chi connectivity index (χ3v) is 4.15. The topological polar surface area (TPSA) is 51.1 Å². The first-order valence-corrected chi connectivity index (χ1v) is 7.57. The van der Waals surface area contributed by atoms with Gasteiger partial charge in [0.05, 0.1) is 5.52 Å². The highest BCUT2D eigenvalue weighted by Crippen LogP contribution is 2.23. The van der Waals surface area contributed by atoms with Crippen molar-refractivity contribution in [2.75, 3.05) is 0 Å². The Bertz CT molecular complexity index is 761. The van der Waals surface area contributed by atoms with Gasteiger partial charge in [-0.05, 0) is 31.4 Å². The Labute approximate surface area is 123 Å². The average Bonchev–Trinajstić information content (AvgIpc) is 2.87. The summed E-state index contributed by atoms with van der Waals surface area (Å²) in [5.74, 6) is -0.260. The van der Waals surface area contributed by atoms with Crippen LogP contribution in [0.3, 0.4) is 0 Å². The molecule has 2 heterocycles. The van der Waals surface area contributed by atoms with Gasteiger partial charge in [0.1, 0.15) is 5.56 Å². The maximum Gasteiger partial charge on any atom is 0.256 e. The van der Waals surface area contributed by atoms with Crippen LogP contribution in [0.4, 0.5) is 0 Å². The molecule has 0 fully saturated rings. The molecule has 1 atom stereocenters. The molecule has 0 saturated carbocycles. The standard InChI is InChI=1S/C17H20N2O2/c1-3-5-11(2)18-17(21)14-10-19-9-8-12-6-4-7-13(15(12)19)16(14)20/h4,6-7,10-11H,3,5,8-9H2,1-2H3,(H,18,21)/t11-/m0/s1. The maximum atomic E-state index is 12.6. The Morgan fingerprint density at radius 1 is 1.43 bits per heavy atom. The fourth-order valence-electron chi connectivity index (χ4n) is 3.13. The van der Waals surface area contributed by atoms with Crippen LogP contribution in [0.2, 0.25) is 0 Å². The zero-order chi connectivity index (χ0) is 15.0. The SMILES string of the molecule is CCC[C@H](C)NC(=O)c1cn2c3c(cccc3c1=O)CC2. The van der Waals surface area contributed by atoms with E-state index in [2.05, 4.69) is 12.2 Å². The fraction of sp³-hybridized carbons (Fsp3) is 0.412. The van der Waals surface area contributed by atoms with E-state index in [9.17, 15) is 9.59 Å². The summed E-state index contributed by atoms with van der Waals surface area (Å²) in [5.41, 5.74) is 2.27. The van der Waals surface area contributed by atoms with Crippen LogP contribution in [-0.4, -0.2) is 16.5 Å². The quantitative estimate of drug-likeness (QED) is 0.937. The van der Waals surface area contributed by atoms with Crippen LogP contribution in [0, 0.1) is 0 Å². The van der Waals surface area contributed by atoms with Crippen molar-refractivity contribution in [1.29, 1.82) is 0 Å². The van der Waals surface area contributed by atoms with Crippen molar-refractivity contribution in [3.63, 3.8) is 0 Å². The molecule has 0 unspecified atom stereocenters. The number of aromatic nitrogens is 1. The van der Waals surface area contributed by atoms with E-state index in [0.29, 0.717) is 5.39 Å². The van der Waals surface area contributed by atoms with Crippen LogP contribution in [0.25, 0.3) is 10.9 Å². The highest BCUT2D eigenvalue weighted by Gasteiger charge is 2.20. The molecule has 1 aliphatic rings. The molecule has 1 N–H and O–H groups in total. The zero-order valence-electron chi connectivity index (χ0n) is 12.5. The number of carbonyl (C=O) groups is 1. The first-order valence-electron chi connectivity index (χ1n) is 7.57. The van der Waals surface area contributed by atoms with E-state index in [1.54, 1.807) is 6.20 Å². The molecule has 0 aliphatic carbocycles. The summed E-state index contributed by atoms with van der Waals surface area (Å²) in [6, 6.07) is 5.85. The number of para-hydroxylation sites is 1. The first-order chi connectivity index (χ1) is 10.1. The van der Waals surface area contributed by atoms with Gasteiger partial charge in [-0.1, -0.05) is 25.5 Å². The fourth-order valence-corrected chi connectivity index (χ4v) is 3.13. The largest absolute Gasteiger partial charge is 0.349 e. The molecule has 0 saturated heterocycles. The number of nitrogens with one attached hydrogen (secondary N) is 1. The normalized spacial score (nSPS) is 14.4. The molecule has 3 rings (SSSR count). The number of hydrogen-bond acceptors (Lipinski definition) is 2. The van der Waals surface area contributed by atoms with Crippen LogP contribution in [0.1, 0.15) is 42.6 Å². The van der Waals surface area contributed by atoms with Gasteiger partial charge in [-0.25, -0.2) is 0 Å². The van der Waals surface area contributed by atoms with Gasteiger partial charge in [0, 0.05) is 24.2 Å². The van der Waals surface area contributed by atoms with E-state index in [1.807, 2.05) is 29.7 Å². The molecule has 0 spiro atoms. The first kappa shape index (κ1) is 13.9. The number of rotatable bonds is 4. The summed E-state index contributed by atoms with van der Waals surface area (Å²) in [6.07, 6.45) is 4.56. The van der Waals surface area contributed by atoms with Crippen molar-refractivity contribution in [3.8, 4) is 0 Å². The number of aryl methyl sites for hydroxylation is 2. The summed E-state index contributed by atoms with van der Waals surface area (Å²) in [6.45, 7) is 4.88. The van der Waals surface area contributed by atoms with Gasteiger partial charge >= 0.3 is 0 Å². The third-order valence-electron chi connectivity index (χ3n) is 4.15. The van der Waals surface area contributed by atoms with Gasteiger partial charge in [-0.3, -0.25) is 9.59 Å². The Morgan fingerprint density at radius 2 is 2.24 bits per heavy atom. The summed E-state index contributed by atoms with van der Waals surface area (Å²) in [5, 5.41) is 3.57. The van der Waals surface area contributed by atoms with Crippen molar-refractivity contribution in [1.82, 2.24) is 9.88 Å². The van der Waals surface area contributed by atoms with E-state index in [0.717, 1.165) is 31.3 Å². The molecule has 21 heavy (non-hydrogen) atoms. The third kappa shape index (κ3) is 2.35. The van der Waals surface area contributed by atoms with Gasteiger partial charge in [-0.2, -0.15) is 0 Å². The van der Waals surface area contributed by atoms with Crippen molar-refractivity contribution in [2.24, 2.45) is 0 Å². The minimum absolute atomic E-state index is 0.0857. The zero-order valence-corrected chi connectivity index (χ0v) is 12.5. The van der Waals surface area contributed by atoms with Gasteiger partial charge in [0.2, 0.25) is 5.43 Å². The average molecular weight is 284 g/mol. The second-order valence-electron chi connectivity index (χ2n) is 5.79. The lowest BCUT2D eigenvalue weighted by molar-refractivity contribution is 0.0936. The maximum absolute atomic E-state index is 12.6. The Balaban J connectivity index is 2.04. The lowest BCUT2D eigenvalue weighted by Gasteiger charge is -2.13. The van der Waals surface area contributed by atoms with Gasteiger partial charge < -0.3 is 9.88 Å². The van der Waals surface area contributed by atoms with Gasteiger partial charge in [-0.15, -0.1) is 0 Å². The Hall–Kier alpha value is -2.10. The van der Waals surface area contributed by atoms with Crippen molar-refractivity contribution >= 4 is 16.8 Å². The number of pyridine rings is 1. The van der Waals surface area contributed by atoms with Crippen LogP contribution < -0.4 is 10.7 Å². The number of nitrogens with zero attached hydrogens (tertiary/aromatic N) is 1. The van der Waals surface area contributed by atoms with Crippen molar-refractivity contribution in [3.05, 3.63) is 45.7 Å². The van der Waals surface area contributed by atoms with Crippen LogP contribution >= 0.6 is 0 Å². The number of amides is 1. The molecule has 1 aromatic heterocycles. The van der Waals surface area contributed by atoms with E-state index in [1.165, 1.54) is 5.56 Å². The molecule has 2 aromatic rings. The van der Waals surface area contributed by atoms with Crippen LogP contribution in [-0.2, 0) is 13.0 Å². The van der Waals surface area contributed by atoms with Gasteiger partial charge in [0.15, 0.2) is 0 Å². The summed E-state index contributed by atoms with van der Waals surface area (Å²) in [7, 11) is 0. The van der Waals surface area contributed by atoms with E-state index < -0.39 is 0 Å². The molecule has 0 radical (unpaired) electrons. The van der Waals surface area contributed by atoms with Crippen molar-refractivity contribution in [2.45, 2.75) is 45.7 Å². The summed E-state index contributed by atoms with van der Waals surface area (Å²) < 4.78 is 2.03. The summed E-state index contributed by atoms with van der Waals surface area (Å²) in [4.78, 5) is 24.9. The van der Waals surface area contributed by atoms with Crippen molar-refractivity contribution < 1.29 is 4.79 Å². The Morgan fingerprint density at radius 3 is 3.00 bits per heavy atom. The van der Waals surface area contributed by atoms with E-state index in [4.69, 9.17) is 0 Å². The smallest absolute Gasteiger partial charge is 0.256 e. The molecule has 0 bridgehead atoms. The molecule has 4 heteroatoms. The number of carbonyl (C=O) groups excluding carboxylic acids is 1. The molecule has 4 nitrogen and oxygen atoms in total. The molecule has 1 amide bonds. The predicted molar refractivity (Wildman–Crippen MR) is 83.7 cm³/mol.